The van der Waals surface area contributed by atoms with Crippen LogP contribution in [0.4, 0.5) is 5.95 Å². The predicted molar refractivity (Wildman–Crippen MR) is 79.4 cm³/mol. The van der Waals surface area contributed by atoms with E-state index in [-0.39, 0.29) is 30.3 Å². The van der Waals surface area contributed by atoms with Gasteiger partial charge in [0, 0.05) is 0 Å². The molecule has 3 rings (SSSR count). The normalized spacial score (nSPS) is 19.4. The van der Waals surface area contributed by atoms with Gasteiger partial charge in [0.1, 0.15) is 6.10 Å². The highest BCUT2D eigenvalue weighted by Crippen LogP contribution is 2.39. The van der Waals surface area contributed by atoms with Crippen molar-refractivity contribution >= 4 is 17.1 Å². The van der Waals surface area contributed by atoms with E-state index in [1.54, 1.807) is 0 Å². The number of ether oxygens (including phenoxy) is 1. The molecule has 0 amide bonds. The maximum atomic E-state index is 11.8. The lowest BCUT2D eigenvalue weighted by molar-refractivity contribution is -0.197. The van der Waals surface area contributed by atoms with Gasteiger partial charge in [0.25, 0.3) is 5.56 Å². The Labute approximate surface area is 130 Å². The van der Waals surface area contributed by atoms with E-state index in [0.29, 0.717) is 12.8 Å². The Bertz CT molecular complexity index is 753. The largest absolute Gasteiger partial charge is 0.394 e. The summed E-state index contributed by atoms with van der Waals surface area (Å²) >= 11 is 0. The van der Waals surface area contributed by atoms with Gasteiger partial charge in [-0.05, 0) is 19.3 Å². The monoisotopic (exact) mass is 325 g/mol. The lowest BCUT2D eigenvalue weighted by Crippen LogP contribution is -2.52. The fourth-order valence-corrected chi connectivity index (χ4v) is 2.73. The molecular weight excluding hydrogens is 306 g/mol. The zero-order valence-electron chi connectivity index (χ0n) is 12.3. The molecule has 1 saturated carbocycles. The Kier molecular flexibility index (Phi) is 4.06. The predicted octanol–water partition coefficient (Wildman–Crippen LogP) is -1.51. The van der Waals surface area contributed by atoms with Crippen molar-refractivity contribution in [1.82, 2.24) is 19.5 Å². The van der Waals surface area contributed by atoms with Gasteiger partial charge >= 0.3 is 0 Å². The van der Waals surface area contributed by atoms with E-state index in [1.165, 1.54) is 10.9 Å². The first-order chi connectivity index (χ1) is 11.0. The van der Waals surface area contributed by atoms with Gasteiger partial charge in [-0.25, -0.2) is 4.98 Å². The van der Waals surface area contributed by atoms with Crippen LogP contribution >= 0.6 is 0 Å². The number of fused-ring (bicyclic) bond motifs is 1. The van der Waals surface area contributed by atoms with Gasteiger partial charge in [0.05, 0.1) is 25.1 Å². The van der Waals surface area contributed by atoms with Gasteiger partial charge in [0.15, 0.2) is 17.4 Å². The zero-order valence-corrected chi connectivity index (χ0v) is 12.3. The molecule has 0 aromatic carbocycles. The molecule has 0 unspecified atom stereocenters. The van der Waals surface area contributed by atoms with E-state index in [4.69, 9.17) is 15.6 Å². The minimum Gasteiger partial charge on any atom is -0.394 e. The number of hydrogen-bond donors (Lipinski definition) is 5. The summed E-state index contributed by atoms with van der Waals surface area (Å²) in [5, 5.41) is 29.9. The standard InChI is InChI=1S/C13H19N5O5/c14-12-16-9-7(10(21)17-12)15-6-18(9)11(23-5-4-19)8(20)13(22)2-1-3-13/h6,8,11,19-20,22H,1-5H2,(H3,14,16,17,21)/t8-,11+/m0/s1. The third kappa shape index (κ3) is 2.70. The SMILES string of the molecule is Nc1nc2c(ncn2[C@H](OCCO)[C@H](O)C2(O)CCC2)c(=O)[nH]1. The van der Waals surface area contributed by atoms with E-state index < -0.39 is 23.5 Å². The fourth-order valence-electron chi connectivity index (χ4n) is 2.73. The minimum atomic E-state index is -1.27. The van der Waals surface area contributed by atoms with Crippen LogP contribution in [0.2, 0.25) is 0 Å². The van der Waals surface area contributed by atoms with Crippen molar-refractivity contribution in [3.8, 4) is 0 Å². The van der Waals surface area contributed by atoms with Crippen molar-refractivity contribution in [2.45, 2.75) is 37.2 Å². The van der Waals surface area contributed by atoms with Crippen molar-refractivity contribution in [1.29, 1.82) is 0 Å². The molecule has 2 heterocycles. The van der Waals surface area contributed by atoms with Crippen molar-refractivity contribution in [2.24, 2.45) is 0 Å². The molecule has 1 aliphatic carbocycles. The summed E-state index contributed by atoms with van der Waals surface area (Å²) in [6, 6.07) is 0. The van der Waals surface area contributed by atoms with Gasteiger partial charge in [0.2, 0.25) is 5.95 Å². The molecule has 126 valence electrons. The molecule has 1 aliphatic rings. The Hall–Kier alpha value is -2.01. The van der Waals surface area contributed by atoms with Crippen LogP contribution in [0.15, 0.2) is 11.1 Å². The molecule has 23 heavy (non-hydrogen) atoms. The summed E-state index contributed by atoms with van der Waals surface area (Å²) in [4.78, 5) is 22.2. The van der Waals surface area contributed by atoms with Crippen molar-refractivity contribution in [3.63, 3.8) is 0 Å². The van der Waals surface area contributed by atoms with Crippen LogP contribution < -0.4 is 11.3 Å². The number of nitrogens with two attached hydrogens (primary N) is 1. The summed E-state index contributed by atoms with van der Waals surface area (Å²) < 4.78 is 6.82. The van der Waals surface area contributed by atoms with Gasteiger partial charge in [-0.2, -0.15) is 4.98 Å². The molecule has 0 bridgehead atoms. The molecule has 0 radical (unpaired) electrons. The first-order valence-electron chi connectivity index (χ1n) is 7.31. The first kappa shape index (κ1) is 15.9. The summed E-state index contributed by atoms with van der Waals surface area (Å²) in [6.07, 6.45) is 0.662. The first-order valence-corrected chi connectivity index (χ1v) is 7.31. The molecule has 0 spiro atoms. The number of aliphatic hydroxyl groups excluding tert-OH is 2. The Morgan fingerprint density at radius 3 is 2.87 bits per heavy atom. The fraction of sp³-hybridized carbons (Fsp3) is 0.615. The Balaban J connectivity index is 2.04. The van der Waals surface area contributed by atoms with Crippen LogP contribution in [0.5, 0.6) is 0 Å². The summed E-state index contributed by atoms with van der Waals surface area (Å²) in [7, 11) is 0. The van der Waals surface area contributed by atoms with Crippen LogP contribution in [0, 0.1) is 0 Å². The molecule has 2 aromatic heterocycles. The van der Waals surface area contributed by atoms with E-state index in [0.717, 1.165) is 6.42 Å². The number of aliphatic hydroxyl groups is 3. The number of aromatic nitrogens is 4. The lowest BCUT2D eigenvalue weighted by Gasteiger charge is -2.43. The molecule has 2 aromatic rings. The summed E-state index contributed by atoms with van der Waals surface area (Å²) in [5.41, 5.74) is 3.95. The molecule has 10 heteroatoms. The number of H-pyrrole nitrogens is 1. The molecule has 6 N–H and O–H groups in total. The van der Waals surface area contributed by atoms with Gasteiger partial charge in [-0.1, -0.05) is 0 Å². The second-order valence-electron chi connectivity index (χ2n) is 5.66. The van der Waals surface area contributed by atoms with E-state index in [9.17, 15) is 15.0 Å². The number of anilines is 1. The number of nitrogen functional groups attached to an aromatic ring is 1. The van der Waals surface area contributed by atoms with Crippen molar-refractivity contribution in [2.75, 3.05) is 18.9 Å². The van der Waals surface area contributed by atoms with E-state index in [1.807, 2.05) is 0 Å². The quantitative estimate of drug-likeness (QED) is 0.428. The Morgan fingerprint density at radius 2 is 2.26 bits per heavy atom. The minimum absolute atomic E-state index is 0.0459. The smallest absolute Gasteiger partial charge is 0.280 e. The van der Waals surface area contributed by atoms with E-state index >= 15 is 0 Å². The van der Waals surface area contributed by atoms with Crippen LogP contribution in [0.3, 0.4) is 0 Å². The number of nitrogens with zero attached hydrogens (tertiary/aromatic N) is 3. The van der Waals surface area contributed by atoms with Crippen LogP contribution in [-0.4, -0.2) is 59.8 Å². The second kappa shape index (κ2) is 5.89. The van der Waals surface area contributed by atoms with Crippen LogP contribution in [-0.2, 0) is 4.74 Å². The molecule has 1 fully saturated rings. The third-order valence-corrected chi connectivity index (χ3v) is 4.14. The topological polar surface area (TPSA) is 160 Å². The highest BCUT2D eigenvalue weighted by atomic mass is 16.5. The number of imidazole rings is 1. The van der Waals surface area contributed by atoms with Crippen molar-refractivity contribution < 1.29 is 20.1 Å². The highest BCUT2D eigenvalue weighted by Gasteiger charge is 2.46. The average molecular weight is 325 g/mol. The highest BCUT2D eigenvalue weighted by molar-refractivity contribution is 5.70. The number of aromatic amines is 1. The Morgan fingerprint density at radius 1 is 1.52 bits per heavy atom. The van der Waals surface area contributed by atoms with Gasteiger partial charge < -0.3 is 25.8 Å². The number of nitrogens with one attached hydrogen (secondary N) is 1. The maximum absolute atomic E-state index is 11.8. The second-order valence-corrected chi connectivity index (χ2v) is 5.66. The van der Waals surface area contributed by atoms with Crippen LogP contribution in [0.1, 0.15) is 25.5 Å². The zero-order chi connectivity index (χ0) is 16.6. The molecule has 2 atom stereocenters. The summed E-state index contributed by atoms with van der Waals surface area (Å²) in [5.74, 6) is -0.0954. The van der Waals surface area contributed by atoms with Gasteiger partial charge in [-0.3, -0.25) is 14.3 Å². The lowest BCUT2D eigenvalue weighted by atomic mass is 9.75. The maximum Gasteiger partial charge on any atom is 0.280 e. The molecule has 10 nitrogen and oxygen atoms in total. The molecule has 0 aliphatic heterocycles. The number of hydrogen-bond acceptors (Lipinski definition) is 8. The van der Waals surface area contributed by atoms with E-state index in [2.05, 4.69) is 15.0 Å². The number of rotatable bonds is 6. The molecular formula is C13H19N5O5. The van der Waals surface area contributed by atoms with Crippen molar-refractivity contribution in [3.05, 3.63) is 16.7 Å². The third-order valence-electron chi connectivity index (χ3n) is 4.14. The summed E-state index contributed by atoms with van der Waals surface area (Å²) in [6.45, 7) is -0.319. The molecule has 0 saturated heterocycles. The van der Waals surface area contributed by atoms with Gasteiger partial charge in [-0.15, -0.1) is 0 Å². The van der Waals surface area contributed by atoms with Crippen LogP contribution in [0.25, 0.3) is 11.2 Å². The average Bonchev–Trinajstić information content (AvgIpc) is 2.89.